The van der Waals surface area contributed by atoms with Crippen LogP contribution in [0.2, 0.25) is 0 Å². The number of ether oxygens (including phenoxy) is 1. The molecule has 6 heteroatoms. The van der Waals surface area contributed by atoms with Crippen LogP contribution in [-0.4, -0.2) is 16.3 Å². The largest absolute Gasteiger partial charge is 0.504 e. The lowest BCUT2D eigenvalue weighted by molar-refractivity contribution is 0.318. The molecule has 0 bridgehead atoms. The van der Waals surface area contributed by atoms with Gasteiger partial charge in [0.1, 0.15) is 0 Å². The van der Waals surface area contributed by atoms with Crippen molar-refractivity contribution in [2.45, 2.75) is 45.6 Å². The van der Waals surface area contributed by atoms with Crippen molar-refractivity contribution in [3.05, 3.63) is 120 Å². The van der Waals surface area contributed by atoms with E-state index < -0.39 is 0 Å². The van der Waals surface area contributed by atoms with Crippen LogP contribution >= 0.6 is 11.3 Å². The van der Waals surface area contributed by atoms with Gasteiger partial charge < -0.3 is 9.84 Å². The second kappa shape index (κ2) is 9.76. The van der Waals surface area contributed by atoms with E-state index in [0.717, 1.165) is 35.2 Å². The Morgan fingerprint density at radius 1 is 1.11 bits per heavy atom. The quantitative estimate of drug-likeness (QED) is 0.374. The van der Waals surface area contributed by atoms with Crippen molar-refractivity contribution < 1.29 is 9.84 Å². The molecular formula is C32H30N2O3S. The Morgan fingerprint density at radius 3 is 2.66 bits per heavy atom. The molecule has 1 aliphatic carbocycles. The number of phenolic OH excluding ortho intramolecular Hbond substituents is 1. The van der Waals surface area contributed by atoms with Gasteiger partial charge in [-0.25, -0.2) is 4.99 Å². The summed E-state index contributed by atoms with van der Waals surface area (Å²) >= 11 is 1.41. The Hall–Kier alpha value is -3.90. The lowest BCUT2D eigenvalue weighted by Crippen LogP contribution is -2.38. The number of aryl methyl sites for hydroxylation is 1. The summed E-state index contributed by atoms with van der Waals surface area (Å²) in [6.07, 6.45) is 3.66. The predicted octanol–water partition coefficient (Wildman–Crippen LogP) is 5.55. The summed E-state index contributed by atoms with van der Waals surface area (Å²) in [6.45, 7) is 6.70. The summed E-state index contributed by atoms with van der Waals surface area (Å²) in [7, 11) is 0. The Morgan fingerprint density at radius 2 is 1.89 bits per heavy atom. The first-order valence-electron chi connectivity index (χ1n) is 13.1. The molecule has 6 rings (SSSR count). The molecule has 1 atom stereocenters. The number of hydrogen-bond donors (Lipinski definition) is 1. The summed E-state index contributed by atoms with van der Waals surface area (Å²) in [5.74, 6) is 0.931. The highest BCUT2D eigenvalue weighted by Gasteiger charge is 2.32. The van der Waals surface area contributed by atoms with E-state index in [1.807, 2.05) is 17.6 Å². The fourth-order valence-corrected chi connectivity index (χ4v) is 6.43. The number of allylic oxidation sites excluding steroid dienone is 1. The molecule has 1 aromatic heterocycles. The minimum Gasteiger partial charge on any atom is -0.504 e. The molecule has 1 unspecified atom stereocenters. The van der Waals surface area contributed by atoms with Crippen LogP contribution in [0.25, 0.3) is 11.8 Å². The number of aromatic hydroxyl groups is 1. The van der Waals surface area contributed by atoms with Crippen LogP contribution < -0.4 is 19.6 Å². The van der Waals surface area contributed by atoms with Crippen molar-refractivity contribution >= 4 is 23.1 Å². The molecule has 4 aromatic rings. The molecule has 0 amide bonds. The zero-order valence-corrected chi connectivity index (χ0v) is 22.6. The number of rotatable bonds is 5. The van der Waals surface area contributed by atoms with Gasteiger partial charge in [0.2, 0.25) is 0 Å². The first kappa shape index (κ1) is 24.4. The third-order valence-electron chi connectivity index (χ3n) is 7.37. The van der Waals surface area contributed by atoms with E-state index >= 15 is 0 Å². The number of nitrogens with zero attached hydrogens (tertiary/aromatic N) is 2. The molecule has 3 aromatic carbocycles. The summed E-state index contributed by atoms with van der Waals surface area (Å²) in [5.41, 5.74) is 7.79. The third kappa shape index (κ3) is 4.19. The molecule has 2 heterocycles. The third-order valence-corrected chi connectivity index (χ3v) is 8.36. The molecule has 192 valence electrons. The van der Waals surface area contributed by atoms with Crippen molar-refractivity contribution in [1.82, 2.24) is 4.57 Å². The van der Waals surface area contributed by atoms with E-state index in [4.69, 9.17) is 9.73 Å². The van der Waals surface area contributed by atoms with E-state index in [1.165, 1.54) is 28.0 Å². The van der Waals surface area contributed by atoms with Crippen LogP contribution in [0.3, 0.4) is 0 Å². The zero-order chi connectivity index (χ0) is 26.4. The van der Waals surface area contributed by atoms with Crippen LogP contribution in [-0.2, 0) is 6.42 Å². The molecule has 5 nitrogen and oxygen atoms in total. The van der Waals surface area contributed by atoms with Crippen molar-refractivity contribution in [3.63, 3.8) is 0 Å². The minimum absolute atomic E-state index is 0.0527. The predicted molar refractivity (Wildman–Crippen MR) is 153 cm³/mol. The van der Waals surface area contributed by atoms with Crippen molar-refractivity contribution in [1.29, 1.82) is 0 Å². The molecule has 38 heavy (non-hydrogen) atoms. The average molecular weight is 523 g/mol. The number of thiazole rings is 1. The second-order valence-electron chi connectivity index (χ2n) is 10.1. The molecule has 0 fully saturated rings. The summed E-state index contributed by atoms with van der Waals surface area (Å²) in [6, 6.07) is 22.1. The van der Waals surface area contributed by atoms with Gasteiger partial charge in [0.15, 0.2) is 16.3 Å². The van der Waals surface area contributed by atoms with Crippen LogP contribution in [0, 0.1) is 0 Å². The fraction of sp³-hybridized carbons (Fsp3) is 0.250. The van der Waals surface area contributed by atoms with Gasteiger partial charge in [-0.1, -0.05) is 79.8 Å². The van der Waals surface area contributed by atoms with Crippen LogP contribution in [0.5, 0.6) is 11.5 Å². The van der Waals surface area contributed by atoms with Crippen LogP contribution in [0.15, 0.2) is 82.1 Å². The van der Waals surface area contributed by atoms with E-state index in [2.05, 4.69) is 62.4 Å². The van der Waals surface area contributed by atoms with E-state index in [-0.39, 0.29) is 17.4 Å². The Balaban J connectivity index is 1.56. The topological polar surface area (TPSA) is 63.8 Å². The monoisotopic (exact) mass is 522 g/mol. The maximum absolute atomic E-state index is 14.0. The van der Waals surface area contributed by atoms with Crippen LogP contribution in [0.4, 0.5) is 0 Å². The lowest BCUT2D eigenvalue weighted by Gasteiger charge is -2.31. The second-order valence-corrected chi connectivity index (χ2v) is 11.1. The molecule has 0 radical (unpaired) electrons. The number of aromatic nitrogens is 1. The van der Waals surface area contributed by atoms with E-state index in [9.17, 15) is 9.90 Å². The number of phenols is 1. The van der Waals surface area contributed by atoms with Crippen molar-refractivity contribution in [3.8, 4) is 11.5 Å². The number of hydrogen-bond acceptors (Lipinski definition) is 5. The van der Waals surface area contributed by atoms with Gasteiger partial charge in [0, 0.05) is 5.56 Å². The maximum Gasteiger partial charge on any atom is 0.271 e. The average Bonchev–Trinajstić information content (AvgIpc) is 3.23. The van der Waals surface area contributed by atoms with Crippen LogP contribution in [0.1, 0.15) is 67.0 Å². The Bertz CT molecular complexity index is 1740. The van der Waals surface area contributed by atoms with E-state index in [1.54, 1.807) is 18.2 Å². The lowest BCUT2D eigenvalue weighted by atomic mass is 9.83. The number of benzene rings is 3. The first-order chi connectivity index (χ1) is 18.4. The molecule has 0 saturated heterocycles. The maximum atomic E-state index is 14.0. The molecule has 2 aliphatic rings. The molecule has 1 aliphatic heterocycles. The summed E-state index contributed by atoms with van der Waals surface area (Å²) < 4.78 is 8.03. The van der Waals surface area contributed by atoms with Gasteiger partial charge in [0.05, 0.1) is 22.9 Å². The SMILES string of the molecule is CCOc1cc(C=c2sc3n(c2=O)C(c2ccc(C(C)C)cc2)C2=C(N=3)c3ccccc3CC2)ccc1O. The molecule has 1 N–H and O–H groups in total. The van der Waals surface area contributed by atoms with Gasteiger partial charge in [-0.2, -0.15) is 0 Å². The summed E-state index contributed by atoms with van der Waals surface area (Å²) in [5, 5.41) is 10.1. The highest BCUT2D eigenvalue weighted by atomic mass is 32.1. The van der Waals surface area contributed by atoms with Crippen molar-refractivity contribution in [2.75, 3.05) is 6.61 Å². The number of fused-ring (bicyclic) bond motifs is 3. The molecule has 0 saturated carbocycles. The fourth-order valence-electron chi connectivity index (χ4n) is 5.43. The van der Waals surface area contributed by atoms with Crippen molar-refractivity contribution in [2.24, 2.45) is 4.99 Å². The van der Waals surface area contributed by atoms with Gasteiger partial charge in [0.25, 0.3) is 5.56 Å². The Labute approximate surface area is 225 Å². The first-order valence-corrected chi connectivity index (χ1v) is 13.9. The molecule has 0 spiro atoms. The normalized spacial score (nSPS) is 16.6. The van der Waals surface area contributed by atoms with Gasteiger partial charge >= 0.3 is 0 Å². The molecular weight excluding hydrogens is 492 g/mol. The van der Waals surface area contributed by atoms with Gasteiger partial charge in [-0.3, -0.25) is 9.36 Å². The van der Waals surface area contributed by atoms with E-state index in [0.29, 0.717) is 27.6 Å². The highest BCUT2D eigenvalue weighted by Crippen LogP contribution is 2.41. The zero-order valence-electron chi connectivity index (χ0n) is 21.8. The van der Waals surface area contributed by atoms with Gasteiger partial charge in [-0.15, -0.1) is 0 Å². The minimum atomic E-state index is -0.197. The highest BCUT2D eigenvalue weighted by molar-refractivity contribution is 7.07. The Kier molecular flexibility index (Phi) is 6.28. The standard InChI is InChI=1S/C32H30N2O3S/c1-4-37-27-17-20(9-16-26(27)35)18-28-31(36)34-30(23-12-10-21(11-13-23)19(2)3)25-15-14-22-7-5-6-8-24(22)29(25)33-32(34)38-28/h5-13,16-19,30,35H,4,14-15H2,1-3H3. The summed E-state index contributed by atoms with van der Waals surface area (Å²) in [4.78, 5) is 19.8. The smallest absolute Gasteiger partial charge is 0.271 e. The van der Waals surface area contributed by atoms with Gasteiger partial charge in [-0.05, 0) is 71.7 Å².